The molecule has 0 bridgehead atoms. The Kier molecular flexibility index (Phi) is 6.05. The molecule has 0 spiro atoms. The van der Waals surface area contributed by atoms with Crippen LogP contribution in [0.5, 0.6) is 0 Å². The second-order valence-corrected chi connectivity index (χ2v) is 9.19. The van der Waals surface area contributed by atoms with Crippen molar-refractivity contribution < 1.29 is 35.5 Å². The van der Waals surface area contributed by atoms with Crippen LogP contribution in [-0.4, -0.2) is 37.5 Å². The molecular formula is C16H12Cl2O8S2. The predicted octanol–water partition coefficient (Wildman–Crippen LogP) is 3.56. The largest absolute Gasteiger partial charge is 0.295 e. The van der Waals surface area contributed by atoms with E-state index in [0.717, 1.165) is 38.1 Å². The highest BCUT2D eigenvalue weighted by molar-refractivity contribution is 7.86. The van der Waals surface area contributed by atoms with Gasteiger partial charge in [-0.15, -0.1) is 0 Å². The predicted molar refractivity (Wildman–Crippen MR) is 102 cm³/mol. The van der Waals surface area contributed by atoms with Gasteiger partial charge < -0.3 is 0 Å². The number of hydrogen-bond acceptors (Lipinski definition) is 6. The summed E-state index contributed by atoms with van der Waals surface area (Å²) in [4.78, 5) is 21.9. The van der Waals surface area contributed by atoms with Crippen molar-refractivity contribution in [1.82, 2.24) is 0 Å². The van der Waals surface area contributed by atoms with Crippen LogP contribution in [0.25, 0.3) is 11.1 Å². The Hall–Kier alpha value is -1.82. The van der Waals surface area contributed by atoms with E-state index < -0.39 is 63.8 Å². The molecule has 0 saturated carbocycles. The average molecular weight is 467 g/mol. The second kappa shape index (κ2) is 7.54. The maximum atomic E-state index is 12.0. The standard InChI is InChI=1S/C16H12Cl2O8S2/c1-7(19)13-11(17)5-3-9(15(13)27(21,22)23)10-4-6-12(18)14(8(2)20)16(10)28(24,25)26/h3-6H,1-2H3,(H,21,22,23)(H,24,25,26). The van der Waals surface area contributed by atoms with Crippen molar-refractivity contribution in [3.05, 3.63) is 45.4 Å². The van der Waals surface area contributed by atoms with E-state index in [4.69, 9.17) is 23.2 Å². The maximum Gasteiger partial charge on any atom is 0.295 e. The number of rotatable bonds is 5. The minimum absolute atomic E-state index is 0.307. The van der Waals surface area contributed by atoms with Crippen LogP contribution in [0.3, 0.4) is 0 Å². The summed E-state index contributed by atoms with van der Waals surface area (Å²) < 4.78 is 67.3. The molecule has 2 aromatic carbocycles. The topological polar surface area (TPSA) is 143 Å². The zero-order chi connectivity index (χ0) is 21.6. The van der Waals surface area contributed by atoms with E-state index in [1.54, 1.807) is 0 Å². The smallest absolute Gasteiger partial charge is 0.294 e. The third-order valence-corrected chi connectivity index (χ3v) is 6.23. The molecule has 2 aromatic rings. The van der Waals surface area contributed by atoms with Gasteiger partial charge >= 0.3 is 0 Å². The molecule has 0 heterocycles. The maximum absolute atomic E-state index is 12.0. The van der Waals surface area contributed by atoms with Gasteiger partial charge in [0.2, 0.25) is 0 Å². The first-order chi connectivity index (χ1) is 12.7. The first-order valence-corrected chi connectivity index (χ1v) is 10.9. The number of benzene rings is 2. The van der Waals surface area contributed by atoms with Crippen LogP contribution in [0.4, 0.5) is 0 Å². The fraction of sp³-hybridized carbons (Fsp3) is 0.125. The van der Waals surface area contributed by atoms with Gasteiger partial charge in [0.1, 0.15) is 9.79 Å². The van der Waals surface area contributed by atoms with Crippen molar-refractivity contribution in [2.45, 2.75) is 23.6 Å². The molecule has 0 aromatic heterocycles. The van der Waals surface area contributed by atoms with E-state index in [2.05, 4.69) is 0 Å². The zero-order valence-corrected chi connectivity index (χ0v) is 17.4. The molecule has 8 nitrogen and oxygen atoms in total. The van der Waals surface area contributed by atoms with Gasteiger partial charge in [0.05, 0.1) is 21.2 Å². The van der Waals surface area contributed by atoms with Crippen molar-refractivity contribution in [1.29, 1.82) is 0 Å². The summed E-state index contributed by atoms with van der Waals surface area (Å²) in [6.07, 6.45) is 0. The lowest BCUT2D eigenvalue weighted by Gasteiger charge is -2.17. The molecule has 0 radical (unpaired) electrons. The van der Waals surface area contributed by atoms with Gasteiger partial charge in [-0.2, -0.15) is 16.8 Å². The number of ketones is 2. The van der Waals surface area contributed by atoms with Crippen molar-refractivity contribution in [2.75, 3.05) is 0 Å². The monoisotopic (exact) mass is 466 g/mol. The fourth-order valence-electron chi connectivity index (χ4n) is 2.73. The molecule has 0 atom stereocenters. The van der Waals surface area contributed by atoms with Crippen LogP contribution in [0.1, 0.15) is 34.6 Å². The lowest BCUT2D eigenvalue weighted by Crippen LogP contribution is -2.13. The first kappa shape index (κ1) is 22.5. The lowest BCUT2D eigenvalue weighted by molar-refractivity contribution is 0.100. The summed E-state index contributed by atoms with van der Waals surface area (Å²) in [5.41, 5.74) is -2.10. The quantitative estimate of drug-likeness (QED) is 0.502. The molecule has 2 N–H and O–H groups in total. The van der Waals surface area contributed by atoms with E-state index in [9.17, 15) is 35.5 Å². The van der Waals surface area contributed by atoms with Gasteiger partial charge in [0, 0.05) is 11.1 Å². The summed E-state index contributed by atoms with van der Waals surface area (Å²) in [5.74, 6) is -1.65. The number of carbonyl (C=O) groups excluding carboxylic acids is 2. The van der Waals surface area contributed by atoms with Crippen LogP contribution < -0.4 is 0 Å². The number of halogens is 2. The summed E-state index contributed by atoms with van der Waals surface area (Å²) >= 11 is 11.8. The minimum atomic E-state index is -5.08. The Morgan fingerprint density at radius 2 is 1.00 bits per heavy atom. The summed E-state index contributed by atoms with van der Waals surface area (Å²) in [6, 6.07) is 4.27. The molecule has 0 saturated heterocycles. The molecule has 0 amide bonds. The Balaban J connectivity index is 3.20. The molecule has 28 heavy (non-hydrogen) atoms. The molecule has 0 aliphatic rings. The number of hydrogen-bond donors (Lipinski definition) is 2. The van der Waals surface area contributed by atoms with Crippen LogP contribution >= 0.6 is 23.2 Å². The van der Waals surface area contributed by atoms with E-state index >= 15 is 0 Å². The van der Waals surface area contributed by atoms with Gasteiger partial charge in [0.15, 0.2) is 11.6 Å². The average Bonchev–Trinajstić information content (AvgIpc) is 2.52. The SMILES string of the molecule is CC(=O)c1c(Cl)ccc(-c2ccc(Cl)c(C(C)=O)c2S(=O)(=O)O)c1S(=O)(=O)O. The zero-order valence-electron chi connectivity index (χ0n) is 14.2. The molecule has 0 unspecified atom stereocenters. The molecule has 0 fully saturated rings. The van der Waals surface area contributed by atoms with Gasteiger partial charge in [-0.3, -0.25) is 18.7 Å². The molecule has 0 aliphatic carbocycles. The van der Waals surface area contributed by atoms with Crippen LogP contribution in [0, 0.1) is 0 Å². The summed E-state index contributed by atoms with van der Waals surface area (Å²) in [6.45, 7) is 1.98. The van der Waals surface area contributed by atoms with Crippen LogP contribution in [0.15, 0.2) is 34.1 Å². The van der Waals surface area contributed by atoms with Crippen molar-refractivity contribution in [2.24, 2.45) is 0 Å². The number of carbonyl (C=O) groups is 2. The highest BCUT2D eigenvalue weighted by atomic mass is 35.5. The molecule has 2 rings (SSSR count). The second-order valence-electron chi connectivity index (χ2n) is 5.66. The van der Waals surface area contributed by atoms with Gasteiger partial charge in [0.25, 0.3) is 20.2 Å². The first-order valence-electron chi connectivity index (χ1n) is 7.30. The van der Waals surface area contributed by atoms with Crippen molar-refractivity contribution >= 4 is 55.0 Å². The highest BCUT2D eigenvalue weighted by Gasteiger charge is 2.32. The molecular weight excluding hydrogens is 455 g/mol. The Morgan fingerprint density at radius 1 is 0.714 bits per heavy atom. The minimum Gasteiger partial charge on any atom is -0.294 e. The summed E-state index contributed by atoms with van der Waals surface area (Å²) in [5, 5.41) is -0.615. The van der Waals surface area contributed by atoms with E-state index in [-0.39, 0.29) is 10.0 Å². The van der Waals surface area contributed by atoms with Crippen molar-refractivity contribution in [3.8, 4) is 11.1 Å². The number of Topliss-reactive ketones (excluding diaryl/α,β-unsaturated/α-hetero) is 2. The van der Waals surface area contributed by atoms with Gasteiger partial charge in [-0.05, 0) is 26.0 Å². The van der Waals surface area contributed by atoms with E-state index in [0.29, 0.717) is 0 Å². The van der Waals surface area contributed by atoms with E-state index in [1.807, 2.05) is 0 Å². The highest BCUT2D eigenvalue weighted by Crippen LogP contribution is 2.40. The van der Waals surface area contributed by atoms with Crippen molar-refractivity contribution in [3.63, 3.8) is 0 Å². The Bertz CT molecular complexity index is 1130. The van der Waals surface area contributed by atoms with Crippen LogP contribution in [0.2, 0.25) is 10.0 Å². The Labute approximate surface area is 170 Å². The summed E-state index contributed by atoms with van der Waals surface area (Å²) in [7, 11) is -10.2. The lowest BCUT2D eigenvalue weighted by atomic mass is 9.98. The van der Waals surface area contributed by atoms with Gasteiger partial charge in [-0.1, -0.05) is 35.3 Å². The molecule has 150 valence electrons. The van der Waals surface area contributed by atoms with E-state index in [1.165, 1.54) is 0 Å². The Morgan fingerprint density at radius 3 is 1.21 bits per heavy atom. The molecule has 12 heteroatoms. The molecule has 0 aliphatic heterocycles. The fourth-order valence-corrected chi connectivity index (χ4v) is 5.36. The third-order valence-electron chi connectivity index (χ3n) is 3.72. The van der Waals surface area contributed by atoms with Gasteiger partial charge in [-0.25, -0.2) is 0 Å². The van der Waals surface area contributed by atoms with Crippen LogP contribution in [-0.2, 0) is 20.2 Å². The third kappa shape index (κ3) is 4.12. The normalized spacial score (nSPS) is 12.1.